The Hall–Kier alpha value is -2.26. The quantitative estimate of drug-likeness (QED) is 0.878. The summed E-state index contributed by atoms with van der Waals surface area (Å²) in [5.74, 6) is -0.261. The molecule has 0 aliphatic carbocycles. The van der Waals surface area contributed by atoms with E-state index in [9.17, 15) is 9.50 Å². The minimum Gasteiger partial charge on any atom is -0.387 e. The molecule has 1 aliphatic rings. The molecule has 130 valence electrons. The molecule has 0 saturated carbocycles. The number of nitrogens with one attached hydrogen (secondary N) is 1. The number of hydrogen-bond donors (Lipinski definition) is 2. The molecule has 0 aromatic heterocycles. The van der Waals surface area contributed by atoms with Crippen LogP contribution in [-0.2, 0) is 10.3 Å². The van der Waals surface area contributed by atoms with Crippen LogP contribution in [0.2, 0.25) is 0 Å². The first-order valence-electron chi connectivity index (χ1n) is 8.40. The first-order chi connectivity index (χ1) is 12.1. The van der Waals surface area contributed by atoms with Gasteiger partial charge in [-0.1, -0.05) is 24.3 Å². The van der Waals surface area contributed by atoms with E-state index in [0.717, 1.165) is 24.0 Å². The van der Waals surface area contributed by atoms with Crippen molar-refractivity contribution >= 4 is 0 Å². The minimum absolute atomic E-state index is 0.261. The van der Waals surface area contributed by atoms with Gasteiger partial charge >= 0.3 is 0 Å². The Morgan fingerprint density at radius 1 is 1.12 bits per heavy atom. The Labute approximate surface area is 146 Å². The van der Waals surface area contributed by atoms with Gasteiger partial charge in [0.1, 0.15) is 5.82 Å². The SMILES string of the molecule is N#Cc1ccc(C(O)CNC2(c3ccc(F)cc3)CCOCC2)cc1. The van der Waals surface area contributed by atoms with E-state index in [1.165, 1.54) is 12.1 Å². The molecule has 4 nitrogen and oxygen atoms in total. The van der Waals surface area contributed by atoms with Crippen molar-refractivity contribution in [2.24, 2.45) is 0 Å². The van der Waals surface area contributed by atoms with E-state index in [-0.39, 0.29) is 11.4 Å². The van der Waals surface area contributed by atoms with Crippen molar-refractivity contribution in [2.75, 3.05) is 19.8 Å². The summed E-state index contributed by atoms with van der Waals surface area (Å²) < 4.78 is 18.7. The van der Waals surface area contributed by atoms with Gasteiger partial charge in [-0.15, -0.1) is 0 Å². The van der Waals surface area contributed by atoms with Crippen LogP contribution >= 0.6 is 0 Å². The van der Waals surface area contributed by atoms with Gasteiger partial charge in [-0.2, -0.15) is 5.26 Å². The zero-order chi connectivity index (χ0) is 17.7. The molecule has 1 fully saturated rings. The Bertz CT molecular complexity index is 732. The van der Waals surface area contributed by atoms with Crippen molar-refractivity contribution in [3.8, 4) is 6.07 Å². The van der Waals surface area contributed by atoms with Gasteiger partial charge in [0.15, 0.2) is 0 Å². The second kappa shape index (κ2) is 7.75. The summed E-state index contributed by atoms with van der Waals surface area (Å²) >= 11 is 0. The fourth-order valence-corrected chi connectivity index (χ4v) is 3.25. The highest BCUT2D eigenvalue weighted by molar-refractivity contribution is 5.32. The lowest BCUT2D eigenvalue weighted by atomic mass is 9.82. The number of halogens is 1. The van der Waals surface area contributed by atoms with E-state index in [0.29, 0.717) is 25.3 Å². The van der Waals surface area contributed by atoms with Crippen LogP contribution in [0.25, 0.3) is 0 Å². The maximum atomic E-state index is 13.3. The zero-order valence-corrected chi connectivity index (χ0v) is 13.9. The van der Waals surface area contributed by atoms with Crippen LogP contribution in [-0.4, -0.2) is 24.9 Å². The fourth-order valence-electron chi connectivity index (χ4n) is 3.25. The highest BCUT2D eigenvalue weighted by Gasteiger charge is 2.34. The summed E-state index contributed by atoms with van der Waals surface area (Å²) in [4.78, 5) is 0. The average molecular weight is 340 g/mol. The second-order valence-electron chi connectivity index (χ2n) is 6.33. The van der Waals surface area contributed by atoms with Crippen LogP contribution < -0.4 is 5.32 Å². The second-order valence-corrected chi connectivity index (χ2v) is 6.33. The molecule has 5 heteroatoms. The lowest BCUT2D eigenvalue weighted by Crippen LogP contribution is -2.48. The van der Waals surface area contributed by atoms with Gasteiger partial charge in [-0.05, 0) is 48.2 Å². The van der Waals surface area contributed by atoms with Crippen LogP contribution in [0.15, 0.2) is 48.5 Å². The molecule has 1 heterocycles. The summed E-state index contributed by atoms with van der Waals surface area (Å²) in [7, 11) is 0. The number of nitriles is 1. The van der Waals surface area contributed by atoms with Crippen molar-refractivity contribution in [2.45, 2.75) is 24.5 Å². The van der Waals surface area contributed by atoms with E-state index in [1.807, 2.05) is 0 Å². The lowest BCUT2D eigenvalue weighted by molar-refractivity contribution is 0.0299. The van der Waals surface area contributed by atoms with Gasteiger partial charge in [-0.25, -0.2) is 4.39 Å². The van der Waals surface area contributed by atoms with Gasteiger partial charge in [0, 0.05) is 25.3 Å². The summed E-state index contributed by atoms with van der Waals surface area (Å²) in [5.41, 5.74) is 1.99. The van der Waals surface area contributed by atoms with E-state index in [4.69, 9.17) is 10.00 Å². The molecular weight excluding hydrogens is 319 g/mol. The number of benzene rings is 2. The predicted molar refractivity (Wildman–Crippen MR) is 92.3 cm³/mol. The molecule has 0 radical (unpaired) electrons. The third-order valence-electron chi connectivity index (χ3n) is 4.80. The predicted octanol–water partition coefficient (Wildman–Crippen LogP) is 3.03. The summed E-state index contributed by atoms with van der Waals surface area (Å²) in [6.45, 7) is 1.61. The number of hydrogen-bond acceptors (Lipinski definition) is 4. The normalized spacial score (nSPS) is 17.6. The van der Waals surface area contributed by atoms with Crippen molar-refractivity contribution < 1.29 is 14.2 Å². The topological polar surface area (TPSA) is 65.3 Å². The standard InChI is InChI=1S/C20H21FN2O2/c21-18-7-5-17(6-8-18)20(9-11-25-12-10-20)23-14-19(24)16-3-1-15(13-22)2-4-16/h1-8,19,23-24H,9-12,14H2. The average Bonchev–Trinajstić information content (AvgIpc) is 2.67. The highest BCUT2D eigenvalue weighted by Crippen LogP contribution is 2.32. The molecule has 2 aromatic rings. The summed E-state index contributed by atoms with van der Waals surface area (Å²) in [6, 6.07) is 15.5. The molecule has 25 heavy (non-hydrogen) atoms. The number of nitrogens with zero attached hydrogens (tertiary/aromatic N) is 1. The Balaban J connectivity index is 1.74. The first-order valence-corrected chi connectivity index (χ1v) is 8.40. The smallest absolute Gasteiger partial charge is 0.123 e. The molecule has 2 N–H and O–H groups in total. The monoisotopic (exact) mass is 340 g/mol. The van der Waals surface area contributed by atoms with Crippen molar-refractivity contribution in [1.82, 2.24) is 5.32 Å². The maximum Gasteiger partial charge on any atom is 0.123 e. The van der Waals surface area contributed by atoms with Gasteiger partial charge < -0.3 is 15.2 Å². The lowest BCUT2D eigenvalue weighted by Gasteiger charge is -2.39. The summed E-state index contributed by atoms with van der Waals surface area (Å²) in [6.07, 6.45) is 0.838. The largest absolute Gasteiger partial charge is 0.387 e. The molecule has 2 aromatic carbocycles. The molecular formula is C20H21FN2O2. The fraction of sp³-hybridized carbons (Fsp3) is 0.350. The molecule has 0 amide bonds. The molecule has 1 atom stereocenters. The van der Waals surface area contributed by atoms with E-state index < -0.39 is 6.10 Å². The molecule has 1 unspecified atom stereocenters. The van der Waals surface area contributed by atoms with Crippen LogP contribution in [0.5, 0.6) is 0 Å². The zero-order valence-electron chi connectivity index (χ0n) is 13.9. The van der Waals surface area contributed by atoms with Crippen molar-refractivity contribution in [3.05, 3.63) is 71.0 Å². The van der Waals surface area contributed by atoms with Crippen LogP contribution in [0.1, 0.15) is 35.6 Å². The highest BCUT2D eigenvalue weighted by atomic mass is 19.1. The van der Waals surface area contributed by atoms with Gasteiger partial charge in [0.05, 0.1) is 17.7 Å². The van der Waals surface area contributed by atoms with Crippen LogP contribution in [0.4, 0.5) is 4.39 Å². The molecule has 0 bridgehead atoms. The van der Waals surface area contributed by atoms with E-state index in [2.05, 4.69) is 11.4 Å². The summed E-state index contributed by atoms with van der Waals surface area (Å²) in [5, 5.41) is 22.8. The first kappa shape index (κ1) is 17.6. The minimum atomic E-state index is -0.687. The third kappa shape index (κ3) is 4.05. The molecule has 1 saturated heterocycles. The maximum absolute atomic E-state index is 13.3. The van der Waals surface area contributed by atoms with Crippen molar-refractivity contribution in [3.63, 3.8) is 0 Å². The Kier molecular flexibility index (Phi) is 5.44. The third-order valence-corrected chi connectivity index (χ3v) is 4.80. The van der Waals surface area contributed by atoms with Gasteiger partial charge in [0.25, 0.3) is 0 Å². The Morgan fingerprint density at radius 3 is 2.36 bits per heavy atom. The van der Waals surface area contributed by atoms with Crippen LogP contribution in [0.3, 0.4) is 0 Å². The van der Waals surface area contributed by atoms with E-state index in [1.54, 1.807) is 36.4 Å². The molecule has 0 spiro atoms. The van der Waals surface area contributed by atoms with Gasteiger partial charge in [-0.3, -0.25) is 0 Å². The number of aliphatic hydroxyl groups excluding tert-OH is 1. The van der Waals surface area contributed by atoms with Gasteiger partial charge in [0.2, 0.25) is 0 Å². The molecule has 3 rings (SSSR count). The number of ether oxygens (including phenoxy) is 1. The molecule has 1 aliphatic heterocycles. The van der Waals surface area contributed by atoms with E-state index >= 15 is 0 Å². The Morgan fingerprint density at radius 2 is 1.76 bits per heavy atom. The van der Waals surface area contributed by atoms with Crippen molar-refractivity contribution in [1.29, 1.82) is 5.26 Å². The number of aliphatic hydroxyl groups is 1. The van der Waals surface area contributed by atoms with Crippen LogP contribution in [0, 0.1) is 17.1 Å². The number of rotatable bonds is 5.